The second-order valence-electron chi connectivity index (χ2n) is 5.23. The summed E-state index contributed by atoms with van der Waals surface area (Å²) < 4.78 is 5.90. The van der Waals surface area contributed by atoms with Crippen LogP contribution in [0.25, 0.3) is 0 Å². The lowest BCUT2D eigenvalue weighted by atomic mass is 9.98. The van der Waals surface area contributed by atoms with Crippen LogP contribution in [0.5, 0.6) is 5.75 Å². The number of amides is 1. The van der Waals surface area contributed by atoms with Gasteiger partial charge in [0.25, 0.3) is 5.91 Å². The van der Waals surface area contributed by atoms with Gasteiger partial charge in [0.05, 0.1) is 12.7 Å². The first kappa shape index (κ1) is 16.6. The molecular weight excluding hydrogens is 342 g/mol. The lowest BCUT2D eigenvalue weighted by Gasteiger charge is -2.11. The van der Waals surface area contributed by atoms with Crippen molar-refractivity contribution >= 4 is 27.5 Å². The molecule has 0 heterocycles. The molecule has 0 aliphatic rings. The third kappa shape index (κ3) is 3.89. The number of carbonyl (C=O) groups is 1. The Labute approximate surface area is 139 Å². The van der Waals surface area contributed by atoms with Crippen LogP contribution in [-0.2, 0) is 0 Å². The Morgan fingerprint density at radius 2 is 1.91 bits per heavy atom. The van der Waals surface area contributed by atoms with Crippen molar-refractivity contribution in [2.75, 3.05) is 12.4 Å². The molecular formula is C18H20BrNO2. The number of hydrogen-bond acceptors (Lipinski definition) is 2. The summed E-state index contributed by atoms with van der Waals surface area (Å²) in [6.45, 7) is 4.36. The highest BCUT2D eigenvalue weighted by Crippen LogP contribution is 2.24. The Morgan fingerprint density at radius 1 is 1.23 bits per heavy atom. The summed E-state index contributed by atoms with van der Waals surface area (Å²) in [6, 6.07) is 13.3. The van der Waals surface area contributed by atoms with Gasteiger partial charge in [0.2, 0.25) is 0 Å². The molecule has 4 heteroatoms. The number of anilines is 1. The molecule has 3 nitrogen and oxygen atoms in total. The van der Waals surface area contributed by atoms with E-state index in [1.54, 1.807) is 19.2 Å². The number of rotatable bonds is 5. The molecule has 0 saturated heterocycles. The lowest BCUT2D eigenvalue weighted by molar-refractivity contribution is 0.102. The van der Waals surface area contributed by atoms with Gasteiger partial charge in [-0.15, -0.1) is 0 Å². The van der Waals surface area contributed by atoms with Gasteiger partial charge in [-0.3, -0.25) is 4.79 Å². The fourth-order valence-electron chi connectivity index (χ4n) is 2.13. The topological polar surface area (TPSA) is 38.3 Å². The van der Waals surface area contributed by atoms with Crippen LogP contribution in [0.15, 0.2) is 46.9 Å². The quantitative estimate of drug-likeness (QED) is 0.792. The highest BCUT2D eigenvalue weighted by Gasteiger charge is 2.12. The molecule has 116 valence electrons. The smallest absolute Gasteiger partial charge is 0.256 e. The number of carbonyl (C=O) groups excluding carboxylic acids is 1. The van der Waals surface area contributed by atoms with E-state index >= 15 is 0 Å². The van der Waals surface area contributed by atoms with Crippen molar-refractivity contribution in [3.63, 3.8) is 0 Å². The minimum absolute atomic E-state index is 0.165. The van der Waals surface area contributed by atoms with Gasteiger partial charge in [-0.25, -0.2) is 0 Å². The van der Waals surface area contributed by atoms with Crippen LogP contribution in [0.2, 0.25) is 0 Å². The molecule has 22 heavy (non-hydrogen) atoms. The molecule has 1 atom stereocenters. The summed E-state index contributed by atoms with van der Waals surface area (Å²) in [4.78, 5) is 12.4. The van der Waals surface area contributed by atoms with E-state index in [9.17, 15) is 4.79 Å². The van der Waals surface area contributed by atoms with Gasteiger partial charge in [0.15, 0.2) is 0 Å². The first-order valence-electron chi connectivity index (χ1n) is 7.30. The molecule has 0 radical (unpaired) electrons. The van der Waals surface area contributed by atoms with Crippen LogP contribution in [0.1, 0.15) is 42.1 Å². The highest BCUT2D eigenvalue weighted by molar-refractivity contribution is 9.10. The van der Waals surface area contributed by atoms with Crippen molar-refractivity contribution in [1.29, 1.82) is 0 Å². The first-order chi connectivity index (χ1) is 10.5. The zero-order valence-electron chi connectivity index (χ0n) is 13.0. The van der Waals surface area contributed by atoms with E-state index in [1.165, 1.54) is 5.56 Å². The Kier molecular flexibility index (Phi) is 5.61. The Bertz CT molecular complexity index is 653. The SMILES string of the molecule is CCC(C)c1ccc(NC(=O)c2cc(OC)ccc2Br)cc1. The maximum atomic E-state index is 12.4. The van der Waals surface area contributed by atoms with Gasteiger partial charge < -0.3 is 10.1 Å². The van der Waals surface area contributed by atoms with E-state index in [1.807, 2.05) is 18.2 Å². The third-order valence-corrected chi connectivity index (χ3v) is 4.46. The molecule has 2 aromatic rings. The number of halogens is 1. The van der Waals surface area contributed by atoms with Gasteiger partial charge in [-0.1, -0.05) is 26.0 Å². The normalized spacial score (nSPS) is 11.8. The number of ether oxygens (including phenoxy) is 1. The minimum atomic E-state index is -0.165. The molecule has 0 aromatic heterocycles. The zero-order chi connectivity index (χ0) is 16.1. The maximum Gasteiger partial charge on any atom is 0.256 e. The van der Waals surface area contributed by atoms with Crippen LogP contribution >= 0.6 is 15.9 Å². The van der Waals surface area contributed by atoms with Crippen LogP contribution in [-0.4, -0.2) is 13.0 Å². The lowest BCUT2D eigenvalue weighted by Crippen LogP contribution is -2.12. The molecule has 0 aliphatic carbocycles. The molecule has 0 aliphatic heterocycles. The number of nitrogens with one attached hydrogen (secondary N) is 1. The molecule has 0 fully saturated rings. The Morgan fingerprint density at radius 3 is 2.50 bits per heavy atom. The predicted octanol–water partition coefficient (Wildman–Crippen LogP) is 5.22. The zero-order valence-corrected chi connectivity index (χ0v) is 14.6. The first-order valence-corrected chi connectivity index (χ1v) is 8.09. The second-order valence-corrected chi connectivity index (χ2v) is 6.09. The standard InChI is InChI=1S/C18H20BrNO2/c1-4-12(2)13-5-7-14(8-6-13)20-18(21)16-11-15(22-3)9-10-17(16)19/h5-12H,4H2,1-3H3,(H,20,21). The Hall–Kier alpha value is -1.81. The third-order valence-electron chi connectivity index (χ3n) is 3.77. The summed E-state index contributed by atoms with van der Waals surface area (Å²) in [5.41, 5.74) is 2.61. The van der Waals surface area contributed by atoms with Gasteiger partial charge in [0, 0.05) is 10.2 Å². The van der Waals surface area contributed by atoms with E-state index in [0.29, 0.717) is 17.2 Å². The molecule has 2 aromatic carbocycles. The van der Waals surface area contributed by atoms with Crippen molar-refractivity contribution in [2.45, 2.75) is 26.2 Å². The fraction of sp³-hybridized carbons (Fsp3) is 0.278. The van der Waals surface area contributed by atoms with Crippen LogP contribution in [0, 0.1) is 0 Å². The fourth-order valence-corrected chi connectivity index (χ4v) is 2.56. The van der Waals surface area contributed by atoms with Crippen molar-refractivity contribution in [3.8, 4) is 5.75 Å². The van der Waals surface area contributed by atoms with Gasteiger partial charge >= 0.3 is 0 Å². The summed E-state index contributed by atoms with van der Waals surface area (Å²) in [6.07, 6.45) is 1.10. The molecule has 1 amide bonds. The van der Waals surface area contributed by atoms with Gasteiger partial charge in [0.1, 0.15) is 5.75 Å². The molecule has 0 spiro atoms. The van der Waals surface area contributed by atoms with Crippen molar-refractivity contribution in [1.82, 2.24) is 0 Å². The highest BCUT2D eigenvalue weighted by atomic mass is 79.9. The van der Waals surface area contributed by atoms with E-state index in [0.717, 1.165) is 16.6 Å². The predicted molar refractivity (Wildman–Crippen MR) is 93.8 cm³/mol. The average molecular weight is 362 g/mol. The molecule has 1 N–H and O–H groups in total. The summed E-state index contributed by atoms with van der Waals surface area (Å²) in [5, 5.41) is 2.91. The summed E-state index contributed by atoms with van der Waals surface area (Å²) >= 11 is 3.40. The molecule has 0 saturated carbocycles. The maximum absolute atomic E-state index is 12.4. The second kappa shape index (κ2) is 7.45. The molecule has 2 rings (SSSR count). The molecule has 1 unspecified atom stereocenters. The van der Waals surface area contributed by atoms with Crippen molar-refractivity contribution in [2.24, 2.45) is 0 Å². The van der Waals surface area contributed by atoms with Crippen LogP contribution < -0.4 is 10.1 Å². The largest absolute Gasteiger partial charge is 0.497 e. The Balaban J connectivity index is 2.15. The van der Waals surface area contributed by atoms with Gasteiger partial charge in [-0.2, -0.15) is 0 Å². The van der Waals surface area contributed by atoms with Gasteiger partial charge in [-0.05, 0) is 64.2 Å². The van der Waals surface area contributed by atoms with Crippen molar-refractivity contribution < 1.29 is 9.53 Å². The molecule has 0 bridgehead atoms. The summed E-state index contributed by atoms with van der Waals surface area (Å²) in [5.74, 6) is 1.01. The van der Waals surface area contributed by atoms with Crippen molar-refractivity contribution in [3.05, 3.63) is 58.1 Å². The van der Waals surface area contributed by atoms with E-state index in [4.69, 9.17) is 4.74 Å². The minimum Gasteiger partial charge on any atom is -0.497 e. The number of methoxy groups -OCH3 is 1. The van der Waals surface area contributed by atoms with E-state index in [2.05, 4.69) is 47.2 Å². The van der Waals surface area contributed by atoms with Crippen LogP contribution in [0.3, 0.4) is 0 Å². The number of hydrogen-bond donors (Lipinski definition) is 1. The average Bonchev–Trinajstić information content (AvgIpc) is 2.55. The van der Waals surface area contributed by atoms with Crippen LogP contribution in [0.4, 0.5) is 5.69 Å². The summed E-state index contributed by atoms with van der Waals surface area (Å²) in [7, 11) is 1.58. The van der Waals surface area contributed by atoms with E-state index in [-0.39, 0.29) is 5.91 Å². The van der Waals surface area contributed by atoms with E-state index < -0.39 is 0 Å². The number of benzene rings is 2. The monoisotopic (exact) mass is 361 g/mol.